The van der Waals surface area contributed by atoms with Crippen LogP contribution >= 0.6 is 22.9 Å². The fraction of sp³-hybridized carbons (Fsp3) is 0.333. The molecule has 1 aromatic heterocycles. The predicted octanol–water partition coefficient (Wildman–Crippen LogP) is 3.45. The molecule has 0 spiro atoms. The molecule has 1 amide bonds. The maximum absolute atomic E-state index is 11.4. The van der Waals surface area contributed by atoms with Crippen LogP contribution in [0.15, 0.2) is 29.6 Å². The number of nitrogens with one attached hydrogen (secondary N) is 1. The summed E-state index contributed by atoms with van der Waals surface area (Å²) in [4.78, 5) is 15.9. The molecule has 112 valence electrons. The van der Waals surface area contributed by atoms with Crippen molar-refractivity contribution >= 4 is 28.8 Å². The Kier molecular flexibility index (Phi) is 6.02. The lowest BCUT2D eigenvalue weighted by Gasteiger charge is -2.07. The molecule has 0 fully saturated rings. The van der Waals surface area contributed by atoms with Gasteiger partial charge in [0, 0.05) is 17.5 Å². The third kappa shape index (κ3) is 4.72. The third-order valence-corrected chi connectivity index (χ3v) is 3.95. The molecular weight excluding hydrogens is 308 g/mol. The molecule has 0 aliphatic rings. The van der Waals surface area contributed by atoms with E-state index in [1.165, 1.54) is 0 Å². The van der Waals surface area contributed by atoms with E-state index >= 15 is 0 Å². The van der Waals surface area contributed by atoms with Crippen molar-refractivity contribution < 1.29 is 9.53 Å². The van der Waals surface area contributed by atoms with E-state index in [2.05, 4.69) is 10.3 Å². The molecule has 0 aliphatic carbocycles. The molecule has 2 rings (SSSR count). The minimum absolute atomic E-state index is 0.0347. The highest BCUT2D eigenvalue weighted by atomic mass is 35.5. The second-order valence-corrected chi connectivity index (χ2v) is 5.57. The first kappa shape index (κ1) is 15.8. The number of carbonyl (C=O) groups is 1. The second kappa shape index (κ2) is 8.00. The molecule has 0 radical (unpaired) electrons. The van der Waals surface area contributed by atoms with Crippen molar-refractivity contribution in [2.24, 2.45) is 0 Å². The van der Waals surface area contributed by atoms with Crippen LogP contribution in [0.5, 0.6) is 5.75 Å². The summed E-state index contributed by atoms with van der Waals surface area (Å²) in [6.07, 6.45) is 0.915. The number of alkyl halides is 1. The average molecular weight is 325 g/mol. The summed E-state index contributed by atoms with van der Waals surface area (Å²) in [7, 11) is 0. The van der Waals surface area contributed by atoms with Gasteiger partial charge < -0.3 is 10.1 Å². The third-order valence-electron chi connectivity index (χ3n) is 2.73. The second-order valence-electron chi connectivity index (χ2n) is 4.44. The van der Waals surface area contributed by atoms with Crippen LogP contribution < -0.4 is 10.1 Å². The molecule has 4 nitrogen and oxygen atoms in total. The van der Waals surface area contributed by atoms with Gasteiger partial charge in [0.05, 0.1) is 11.6 Å². The van der Waals surface area contributed by atoms with Crippen LogP contribution in [0.1, 0.15) is 19.0 Å². The molecule has 6 heteroatoms. The summed E-state index contributed by atoms with van der Waals surface area (Å²) in [5.41, 5.74) is 1.89. The Balaban J connectivity index is 1.91. The quantitative estimate of drug-likeness (QED) is 0.794. The van der Waals surface area contributed by atoms with E-state index in [-0.39, 0.29) is 12.5 Å². The van der Waals surface area contributed by atoms with E-state index in [9.17, 15) is 4.79 Å². The van der Waals surface area contributed by atoms with Crippen LogP contribution in [0.2, 0.25) is 0 Å². The number of carbonyl (C=O) groups excluding carboxylic acids is 1. The van der Waals surface area contributed by atoms with E-state index in [4.69, 9.17) is 16.3 Å². The van der Waals surface area contributed by atoms with Crippen molar-refractivity contribution in [2.75, 3.05) is 13.2 Å². The molecule has 0 saturated heterocycles. The smallest absolute Gasteiger partial charge is 0.257 e. The normalized spacial score (nSPS) is 10.4. The maximum atomic E-state index is 11.4. The molecular formula is C15H17ClN2O2S. The van der Waals surface area contributed by atoms with Gasteiger partial charge in [-0.3, -0.25) is 4.79 Å². The summed E-state index contributed by atoms with van der Waals surface area (Å²) in [5.74, 6) is 0.983. The summed E-state index contributed by atoms with van der Waals surface area (Å²) in [6.45, 7) is 2.72. The lowest BCUT2D eigenvalue weighted by molar-refractivity contribution is -0.123. The zero-order valence-electron chi connectivity index (χ0n) is 11.8. The van der Waals surface area contributed by atoms with Gasteiger partial charge in [-0.15, -0.1) is 22.9 Å². The van der Waals surface area contributed by atoms with Gasteiger partial charge in [-0.2, -0.15) is 0 Å². The number of thiazole rings is 1. The first-order valence-corrected chi connectivity index (χ1v) is 8.14. The van der Waals surface area contributed by atoms with Crippen molar-refractivity contribution in [2.45, 2.75) is 19.2 Å². The zero-order valence-corrected chi connectivity index (χ0v) is 13.3. The van der Waals surface area contributed by atoms with Gasteiger partial charge in [-0.25, -0.2) is 4.98 Å². The molecule has 0 atom stereocenters. The van der Waals surface area contributed by atoms with Crippen LogP contribution in [0, 0.1) is 0 Å². The molecule has 0 saturated carbocycles. The van der Waals surface area contributed by atoms with Gasteiger partial charge in [-0.05, 0) is 30.7 Å². The number of hydrogen-bond donors (Lipinski definition) is 1. The fourth-order valence-electron chi connectivity index (χ4n) is 1.66. The number of hydrogen-bond acceptors (Lipinski definition) is 4. The van der Waals surface area contributed by atoms with Crippen molar-refractivity contribution in [1.82, 2.24) is 10.3 Å². The number of ether oxygens (including phenoxy) is 1. The van der Waals surface area contributed by atoms with Gasteiger partial charge in [0.25, 0.3) is 5.91 Å². The highest BCUT2D eigenvalue weighted by molar-refractivity contribution is 7.13. The van der Waals surface area contributed by atoms with E-state index in [1.54, 1.807) is 11.3 Å². The number of halogens is 1. The summed E-state index contributed by atoms with van der Waals surface area (Å²) < 4.78 is 5.43. The van der Waals surface area contributed by atoms with E-state index < -0.39 is 0 Å². The molecule has 1 N–H and O–H groups in total. The highest BCUT2D eigenvalue weighted by Crippen LogP contribution is 2.26. The first-order chi connectivity index (χ1) is 10.2. The van der Waals surface area contributed by atoms with E-state index in [1.807, 2.05) is 36.6 Å². The standard InChI is InChI=1S/C15H17ClN2O2S/c1-2-7-17-14(19)9-20-13-5-3-11(4-6-13)15-18-12(8-16)10-21-15/h3-6,10H,2,7-9H2,1H3,(H,17,19). The zero-order chi connectivity index (χ0) is 15.1. The van der Waals surface area contributed by atoms with Gasteiger partial charge in [-0.1, -0.05) is 6.92 Å². The lowest BCUT2D eigenvalue weighted by atomic mass is 10.2. The fourth-order valence-corrected chi connectivity index (χ4v) is 2.71. The van der Waals surface area contributed by atoms with Crippen molar-refractivity contribution in [3.8, 4) is 16.3 Å². The Morgan fingerprint density at radius 3 is 2.76 bits per heavy atom. The number of nitrogens with zero attached hydrogens (tertiary/aromatic N) is 1. The molecule has 21 heavy (non-hydrogen) atoms. The van der Waals surface area contributed by atoms with Crippen LogP contribution in [-0.2, 0) is 10.7 Å². The summed E-state index contributed by atoms with van der Waals surface area (Å²) in [6, 6.07) is 7.53. The predicted molar refractivity (Wildman–Crippen MR) is 85.9 cm³/mol. The maximum Gasteiger partial charge on any atom is 0.257 e. The molecule has 0 unspecified atom stereocenters. The SMILES string of the molecule is CCCNC(=O)COc1ccc(-c2nc(CCl)cs2)cc1. The number of aromatic nitrogens is 1. The molecule has 1 heterocycles. The lowest BCUT2D eigenvalue weighted by Crippen LogP contribution is -2.29. The molecule has 0 bridgehead atoms. The van der Waals surface area contributed by atoms with Crippen molar-refractivity contribution in [3.63, 3.8) is 0 Å². The van der Waals surface area contributed by atoms with Crippen LogP contribution in [0.4, 0.5) is 0 Å². The Morgan fingerprint density at radius 1 is 1.38 bits per heavy atom. The van der Waals surface area contributed by atoms with Crippen LogP contribution in [0.3, 0.4) is 0 Å². The Bertz CT molecular complexity index is 584. The van der Waals surface area contributed by atoms with Gasteiger partial charge in [0.2, 0.25) is 0 Å². The minimum Gasteiger partial charge on any atom is -0.484 e. The van der Waals surface area contributed by atoms with Crippen LogP contribution in [0.25, 0.3) is 10.6 Å². The highest BCUT2D eigenvalue weighted by Gasteiger charge is 2.05. The first-order valence-electron chi connectivity index (χ1n) is 6.73. The average Bonchev–Trinajstić information content (AvgIpc) is 3.00. The summed E-state index contributed by atoms with van der Waals surface area (Å²) in [5, 5.41) is 5.64. The number of amides is 1. The number of rotatable bonds is 7. The van der Waals surface area contributed by atoms with Crippen molar-refractivity contribution in [3.05, 3.63) is 35.3 Å². The topological polar surface area (TPSA) is 51.2 Å². The molecule has 0 aliphatic heterocycles. The van der Waals surface area contributed by atoms with Crippen LogP contribution in [-0.4, -0.2) is 24.0 Å². The Morgan fingerprint density at radius 2 is 2.14 bits per heavy atom. The monoisotopic (exact) mass is 324 g/mol. The summed E-state index contributed by atoms with van der Waals surface area (Å²) >= 11 is 7.31. The van der Waals surface area contributed by atoms with Crippen molar-refractivity contribution in [1.29, 1.82) is 0 Å². The van der Waals surface area contributed by atoms with E-state index in [0.29, 0.717) is 18.2 Å². The Hall–Kier alpha value is -1.59. The number of benzene rings is 1. The minimum atomic E-state index is -0.104. The Labute approximate surface area is 133 Å². The van der Waals surface area contributed by atoms with Gasteiger partial charge in [0.1, 0.15) is 10.8 Å². The van der Waals surface area contributed by atoms with E-state index in [0.717, 1.165) is 22.7 Å². The van der Waals surface area contributed by atoms with Gasteiger partial charge in [0.15, 0.2) is 6.61 Å². The molecule has 2 aromatic rings. The van der Waals surface area contributed by atoms with Gasteiger partial charge >= 0.3 is 0 Å². The largest absolute Gasteiger partial charge is 0.484 e. The molecule has 1 aromatic carbocycles.